The SMILES string of the molecule is Clc1ccc2c(c1)N=CC[C@H]1CNCCN21. The summed E-state index contributed by atoms with van der Waals surface area (Å²) in [6, 6.07) is 6.50. The molecule has 1 atom stereocenters. The summed E-state index contributed by atoms with van der Waals surface area (Å²) in [6.07, 6.45) is 3.01. The average Bonchev–Trinajstić information content (AvgIpc) is 2.47. The maximum Gasteiger partial charge on any atom is 0.0874 e. The van der Waals surface area contributed by atoms with Gasteiger partial charge in [-0.2, -0.15) is 0 Å². The molecule has 1 fully saturated rings. The van der Waals surface area contributed by atoms with Crippen molar-refractivity contribution in [3.63, 3.8) is 0 Å². The zero-order valence-electron chi connectivity index (χ0n) is 8.99. The number of halogens is 1. The van der Waals surface area contributed by atoms with Crippen molar-refractivity contribution in [3.05, 3.63) is 23.2 Å². The Hall–Kier alpha value is -1.06. The highest BCUT2D eigenvalue weighted by atomic mass is 35.5. The van der Waals surface area contributed by atoms with Gasteiger partial charge in [0.05, 0.1) is 11.4 Å². The van der Waals surface area contributed by atoms with Crippen molar-refractivity contribution in [2.45, 2.75) is 12.5 Å². The fourth-order valence-corrected chi connectivity index (χ4v) is 2.57. The molecule has 0 aliphatic carbocycles. The number of nitrogens with zero attached hydrogens (tertiary/aromatic N) is 2. The lowest BCUT2D eigenvalue weighted by Crippen LogP contribution is -2.51. The van der Waals surface area contributed by atoms with Crippen LogP contribution in [0.5, 0.6) is 0 Å². The Morgan fingerprint density at radius 3 is 3.31 bits per heavy atom. The molecule has 2 aliphatic rings. The van der Waals surface area contributed by atoms with Crippen molar-refractivity contribution < 1.29 is 0 Å². The minimum atomic E-state index is 0.528. The van der Waals surface area contributed by atoms with Gasteiger partial charge in [-0.25, -0.2) is 0 Å². The molecular formula is C12H14ClN3. The molecule has 1 saturated heterocycles. The lowest BCUT2D eigenvalue weighted by molar-refractivity contribution is 0.489. The molecule has 0 aromatic heterocycles. The first-order chi connectivity index (χ1) is 7.84. The minimum Gasteiger partial charge on any atom is -0.364 e. The van der Waals surface area contributed by atoms with E-state index in [1.807, 2.05) is 18.3 Å². The molecule has 4 heteroatoms. The Bertz CT molecular complexity index is 430. The van der Waals surface area contributed by atoms with Gasteiger partial charge in [0.1, 0.15) is 0 Å². The molecule has 16 heavy (non-hydrogen) atoms. The van der Waals surface area contributed by atoms with Crippen molar-refractivity contribution in [1.82, 2.24) is 5.32 Å². The predicted molar refractivity (Wildman–Crippen MR) is 68.2 cm³/mol. The number of aliphatic imine (C=N–C) groups is 1. The molecule has 0 amide bonds. The Morgan fingerprint density at radius 2 is 2.38 bits per heavy atom. The topological polar surface area (TPSA) is 27.6 Å². The Balaban J connectivity index is 2.05. The van der Waals surface area contributed by atoms with Gasteiger partial charge in [-0.15, -0.1) is 0 Å². The predicted octanol–water partition coefficient (Wildman–Crippen LogP) is 2.22. The van der Waals surface area contributed by atoms with E-state index < -0.39 is 0 Å². The highest BCUT2D eigenvalue weighted by Gasteiger charge is 2.25. The number of nitrogens with one attached hydrogen (secondary N) is 1. The maximum absolute atomic E-state index is 6.00. The molecule has 0 bridgehead atoms. The van der Waals surface area contributed by atoms with Gasteiger partial charge in [-0.1, -0.05) is 11.6 Å². The van der Waals surface area contributed by atoms with Gasteiger partial charge < -0.3 is 10.2 Å². The smallest absolute Gasteiger partial charge is 0.0874 e. The van der Waals surface area contributed by atoms with Crippen LogP contribution in [-0.2, 0) is 0 Å². The van der Waals surface area contributed by atoms with Crippen LogP contribution in [0, 0.1) is 0 Å². The highest BCUT2D eigenvalue weighted by Crippen LogP contribution is 2.35. The van der Waals surface area contributed by atoms with E-state index in [2.05, 4.69) is 21.3 Å². The lowest BCUT2D eigenvalue weighted by atomic mass is 10.1. The van der Waals surface area contributed by atoms with Gasteiger partial charge in [-0.05, 0) is 18.2 Å². The van der Waals surface area contributed by atoms with E-state index >= 15 is 0 Å². The molecule has 0 unspecified atom stereocenters. The van der Waals surface area contributed by atoms with Crippen LogP contribution in [0.25, 0.3) is 0 Å². The van der Waals surface area contributed by atoms with Crippen molar-refractivity contribution in [3.8, 4) is 0 Å². The van der Waals surface area contributed by atoms with Crippen LogP contribution in [0.1, 0.15) is 6.42 Å². The minimum absolute atomic E-state index is 0.528. The van der Waals surface area contributed by atoms with E-state index in [1.165, 1.54) is 5.69 Å². The van der Waals surface area contributed by atoms with Gasteiger partial charge >= 0.3 is 0 Å². The number of anilines is 1. The standard InChI is InChI=1S/C12H14ClN3/c13-9-1-2-12-11(7-9)15-4-3-10-8-14-5-6-16(10)12/h1-2,4,7,10,14H,3,5-6,8H2/t10-/m0/s1. The quantitative estimate of drug-likeness (QED) is 0.747. The van der Waals surface area contributed by atoms with E-state index in [0.717, 1.165) is 36.8 Å². The first-order valence-corrected chi connectivity index (χ1v) is 6.02. The molecule has 84 valence electrons. The second-order valence-corrected chi connectivity index (χ2v) is 4.67. The van der Waals surface area contributed by atoms with E-state index in [9.17, 15) is 0 Å². The van der Waals surface area contributed by atoms with E-state index in [4.69, 9.17) is 11.6 Å². The first kappa shape index (κ1) is 10.1. The van der Waals surface area contributed by atoms with E-state index in [0.29, 0.717) is 6.04 Å². The van der Waals surface area contributed by atoms with Gasteiger partial charge in [0.15, 0.2) is 0 Å². The van der Waals surface area contributed by atoms with Crippen molar-refractivity contribution in [2.75, 3.05) is 24.5 Å². The molecule has 0 spiro atoms. The van der Waals surface area contributed by atoms with Crippen LogP contribution in [0.4, 0.5) is 11.4 Å². The number of hydrogen-bond donors (Lipinski definition) is 1. The molecule has 0 saturated carbocycles. The second-order valence-electron chi connectivity index (χ2n) is 4.23. The Kier molecular flexibility index (Phi) is 2.58. The largest absolute Gasteiger partial charge is 0.364 e. The van der Waals surface area contributed by atoms with Crippen LogP contribution in [-0.4, -0.2) is 31.9 Å². The second kappa shape index (κ2) is 4.07. The fraction of sp³-hybridized carbons (Fsp3) is 0.417. The maximum atomic E-state index is 6.00. The van der Waals surface area contributed by atoms with Crippen LogP contribution in [0.2, 0.25) is 5.02 Å². The molecule has 0 radical (unpaired) electrons. The molecule has 2 heterocycles. The molecule has 3 rings (SSSR count). The van der Waals surface area contributed by atoms with Gasteiger partial charge in [0.2, 0.25) is 0 Å². The zero-order valence-corrected chi connectivity index (χ0v) is 9.74. The Labute approximate surface area is 100 Å². The molecule has 1 aromatic rings. The zero-order chi connectivity index (χ0) is 11.0. The van der Waals surface area contributed by atoms with Gasteiger partial charge in [0.25, 0.3) is 0 Å². The summed E-state index contributed by atoms with van der Waals surface area (Å²) in [7, 11) is 0. The third-order valence-electron chi connectivity index (χ3n) is 3.20. The fourth-order valence-electron chi connectivity index (χ4n) is 2.40. The molecule has 3 nitrogen and oxygen atoms in total. The van der Waals surface area contributed by atoms with Gasteiger partial charge in [0, 0.05) is 43.3 Å². The monoisotopic (exact) mass is 235 g/mol. The lowest BCUT2D eigenvalue weighted by Gasteiger charge is -2.37. The summed E-state index contributed by atoms with van der Waals surface area (Å²) in [5.41, 5.74) is 2.21. The summed E-state index contributed by atoms with van der Waals surface area (Å²) in [5.74, 6) is 0. The molecule has 1 N–H and O–H groups in total. The molecule has 2 aliphatic heterocycles. The van der Waals surface area contributed by atoms with Crippen LogP contribution < -0.4 is 10.2 Å². The Morgan fingerprint density at radius 1 is 1.44 bits per heavy atom. The van der Waals surface area contributed by atoms with Gasteiger partial charge in [-0.3, -0.25) is 4.99 Å². The summed E-state index contributed by atoms with van der Waals surface area (Å²) in [5, 5.41) is 4.18. The highest BCUT2D eigenvalue weighted by molar-refractivity contribution is 6.31. The normalized spacial score (nSPS) is 23.6. The van der Waals surface area contributed by atoms with Crippen molar-refractivity contribution in [1.29, 1.82) is 0 Å². The number of rotatable bonds is 0. The number of benzene rings is 1. The van der Waals surface area contributed by atoms with Crippen molar-refractivity contribution in [2.24, 2.45) is 4.99 Å². The first-order valence-electron chi connectivity index (χ1n) is 5.64. The van der Waals surface area contributed by atoms with Crippen molar-refractivity contribution >= 4 is 29.2 Å². The third-order valence-corrected chi connectivity index (χ3v) is 3.44. The number of piperazine rings is 1. The summed E-state index contributed by atoms with van der Waals surface area (Å²) < 4.78 is 0. The van der Waals surface area contributed by atoms with E-state index in [-0.39, 0.29) is 0 Å². The molecule has 1 aromatic carbocycles. The summed E-state index contributed by atoms with van der Waals surface area (Å²) >= 11 is 6.00. The average molecular weight is 236 g/mol. The number of fused-ring (bicyclic) bond motifs is 3. The van der Waals surface area contributed by atoms with Crippen LogP contribution >= 0.6 is 11.6 Å². The third kappa shape index (κ3) is 1.70. The number of hydrogen-bond acceptors (Lipinski definition) is 3. The van der Waals surface area contributed by atoms with Crippen LogP contribution in [0.15, 0.2) is 23.2 Å². The van der Waals surface area contributed by atoms with Crippen LogP contribution in [0.3, 0.4) is 0 Å². The molecular weight excluding hydrogens is 222 g/mol. The van der Waals surface area contributed by atoms with E-state index in [1.54, 1.807) is 0 Å². The summed E-state index contributed by atoms with van der Waals surface area (Å²) in [4.78, 5) is 6.93. The summed E-state index contributed by atoms with van der Waals surface area (Å²) in [6.45, 7) is 3.12.